The van der Waals surface area contributed by atoms with Gasteiger partial charge in [0.05, 0.1) is 6.26 Å². The van der Waals surface area contributed by atoms with Gasteiger partial charge >= 0.3 is 0 Å². The van der Waals surface area contributed by atoms with Gasteiger partial charge in [-0.05, 0) is 29.3 Å². The molecule has 0 unspecified atom stereocenters. The van der Waals surface area contributed by atoms with Crippen molar-refractivity contribution in [3.8, 4) is 11.1 Å². The summed E-state index contributed by atoms with van der Waals surface area (Å²) in [7, 11) is 0. The maximum absolute atomic E-state index is 6.02. The quantitative estimate of drug-likeness (QED) is 0.489. The van der Waals surface area contributed by atoms with Crippen LogP contribution in [-0.2, 0) is 0 Å². The Hall–Kier alpha value is -1.58. The summed E-state index contributed by atoms with van der Waals surface area (Å²) in [6, 6.07) is 7.70. The lowest BCUT2D eigenvalue weighted by atomic mass is 10.1. The fourth-order valence-corrected chi connectivity index (χ4v) is 2.07. The maximum atomic E-state index is 6.02. The molecule has 3 rings (SSSR count). The van der Waals surface area contributed by atoms with E-state index in [0.717, 1.165) is 22.1 Å². The topological polar surface area (TPSA) is 38.9 Å². The molecule has 2 aromatic heterocycles. The molecule has 0 bridgehead atoms. The molecule has 0 aliphatic rings. The van der Waals surface area contributed by atoms with Gasteiger partial charge in [0.1, 0.15) is 10.7 Å². The highest BCUT2D eigenvalue weighted by atomic mass is 35.5. The molecule has 0 aliphatic carbocycles. The summed E-state index contributed by atoms with van der Waals surface area (Å²) in [6.45, 7) is 0. The number of rotatable bonds is 1. The second-order valence-electron chi connectivity index (χ2n) is 3.52. The van der Waals surface area contributed by atoms with Crippen molar-refractivity contribution in [1.82, 2.24) is 9.97 Å². The molecule has 0 atom stereocenters. The van der Waals surface area contributed by atoms with E-state index >= 15 is 0 Å². The molecule has 0 saturated heterocycles. The first-order chi connectivity index (χ1) is 8.24. The highest BCUT2D eigenvalue weighted by molar-refractivity contribution is 6.33. The number of nitrogens with zero attached hydrogens (tertiary/aromatic N) is 2. The van der Waals surface area contributed by atoms with Crippen LogP contribution in [0.3, 0.4) is 0 Å². The van der Waals surface area contributed by atoms with Crippen LogP contribution in [0.2, 0.25) is 10.4 Å². The van der Waals surface area contributed by atoms with Gasteiger partial charge in [0.2, 0.25) is 5.28 Å². The number of aromatic nitrogens is 2. The molecule has 0 aliphatic heterocycles. The van der Waals surface area contributed by atoms with E-state index in [1.807, 2.05) is 24.3 Å². The van der Waals surface area contributed by atoms with Gasteiger partial charge < -0.3 is 4.42 Å². The molecule has 0 radical (unpaired) electrons. The fourth-order valence-electron chi connectivity index (χ4n) is 1.66. The molecule has 5 heteroatoms. The smallest absolute Gasteiger partial charge is 0.223 e. The summed E-state index contributed by atoms with van der Waals surface area (Å²) in [6.07, 6.45) is 3.25. The summed E-state index contributed by atoms with van der Waals surface area (Å²) in [5.74, 6) is 0. The Morgan fingerprint density at radius 3 is 2.82 bits per heavy atom. The van der Waals surface area contributed by atoms with Gasteiger partial charge in [-0.2, -0.15) is 0 Å². The predicted octanol–water partition coefficient (Wildman–Crippen LogP) is 4.20. The van der Waals surface area contributed by atoms with Crippen molar-refractivity contribution < 1.29 is 4.42 Å². The molecule has 0 saturated carbocycles. The monoisotopic (exact) mass is 264 g/mol. The molecule has 84 valence electrons. The molecule has 17 heavy (non-hydrogen) atoms. The van der Waals surface area contributed by atoms with E-state index in [0.29, 0.717) is 5.15 Å². The molecule has 3 aromatic rings. The Kier molecular flexibility index (Phi) is 2.50. The molecule has 0 spiro atoms. The summed E-state index contributed by atoms with van der Waals surface area (Å²) in [5, 5.41) is 1.51. The molecule has 3 nitrogen and oxygen atoms in total. The average molecular weight is 265 g/mol. The van der Waals surface area contributed by atoms with Gasteiger partial charge in [0.15, 0.2) is 0 Å². The number of fused-ring (bicyclic) bond motifs is 1. The van der Waals surface area contributed by atoms with Crippen LogP contribution in [0, 0.1) is 0 Å². The summed E-state index contributed by atoms with van der Waals surface area (Å²) in [5.41, 5.74) is 2.43. The standard InChI is InChI=1S/C12H6Cl2N2O/c13-11-9(6-15-12(14)16-11)8-2-1-7-3-4-17-10(7)5-8/h1-6H. The van der Waals surface area contributed by atoms with Gasteiger partial charge in [-0.1, -0.05) is 23.7 Å². The lowest BCUT2D eigenvalue weighted by molar-refractivity contribution is 0.616. The highest BCUT2D eigenvalue weighted by Crippen LogP contribution is 2.29. The minimum atomic E-state index is 0.137. The molecular weight excluding hydrogens is 259 g/mol. The van der Waals surface area contributed by atoms with E-state index in [2.05, 4.69) is 9.97 Å². The number of hydrogen-bond donors (Lipinski definition) is 0. The number of hydrogen-bond acceptors (Lipinski definition) is 3. The lowest BCUT2D eigenvalue weighted by Crippen LogP contribution is -1.87. The second-order valence-corrected chi connectivity index (χ2v) is 4.21. The molecule has 0 amide bonds. The molecule has 2 heterocycles. The van der Waals surface area contributed by atoms with Gasteiger partial charge in [-0.15, -0.1) is 0 Å². The van der Waals surface area contributed by atoms with Gasteiger partial charge in [-0.25, -0.2) is 9.97 Å². The van der Waals surface area contributed by atoms with Crippen LogP contribution in [0.1, 0.15) is 0 Å². The Morgan fingerprint density at radius 1 is 1.12 bits per heavy atom. The molecule has 0 fully saturated rings. The zero-order valence-electron chi connectivity index (χ0n) is 8.52. The first-order valence-corrected chi connectivity index (χ1v) is 5.65. The largest absolute Gasteiger partial charge is 0.464 e. The predicted molar refractivity (Wildman–Crippen MR) is 67.3 cm³/mol. The lowest BCUT2D eigenvalue weighted by Gasteiger charge is -2.03. The third kappa shape index (κ3) is 1.88. The van der Waals surface area contributed by atoms with Crippen molar-refractivity contribution in [2.45, 2.75) is 0 Å². The van der Waals surface area contributed by atoms with E-state index in [-0.39, 0.29) is 5.28 Å². The Morgan fingerprint density at radius 2 is 2.00 bits per heavy atom. The van der Waals surface area contributed by atoms with Gasteiger partial charge in [0, 0.05) is 17.1 Å². The first kappa shape index (κ1) is 10.6. The van der Waals surface area contributed by atoms with E-state index < -0.39 is 0 Å². The van der Waals surface area contributed by atoms with Gasteiger partial charge in [-0.3, -0.25) is 0 Å². The molecule has 0 N–H and O–H groups in total. The Bertz CT molecular complexity index is 694. The van der Waals surface area contributed by atoms with E-state index in [9.17, 15) is 0 Å². The van der Waals surface area contributed by atoms with Crippen molar-refractivity contribution >= 4 is 34.2 Å². The Balaban J connectivity index is 2.19. The van der Waals surface area contributed by atoms with Crippen molar-refractivity contribution in [1.29, 1.82) is 0 Å². The van der Waals surface area contributed by atoms with Crippen LogP contribution < -0.4 is 0 Å². The summed E-state index contributed by atoms with van der Waals surface area (Å²) < 4.78 is 5.33. The second kappa shape index (κ2) is 4.02. The normalized spacial score (nSPS) is 10.9. The van der Waals surface area contributed by atoms with Crippen molar-refractivity contribution in [2.24, 2.45) is 0 Å². The van der Waals surface area contributed by atoms with Crippen LogP contribution >= 0.6 is 23.2 Å². The van der Waals surface area contributed by atoms with Crippen LogP contribution in [-0.4, -0.2) is 9.97 Å². The zero-order valence-corrected chi connectivity index (χ0v) is 10.0. The van der Waals surface area contributed by atoms with Crippen LogP contribution in [0.5, 0.6) is 0 Å². The first-order valence-electron chi connectivity index (χ1n) is 4.90. The zero-order chi connectivity index (χ0) is 11.8. The average Bonchev–Trinajstić information content (AvgIpc) is 2.75. The number of halogens is 2. The van der Waals surface area contributed by atoms with Crippen LogP contribution in [0.15, 0.2) is 41.1 Å². The van der Waals surface area contributed by atoms with Crippen LogP contribution in [0.4, 0.5) is 0 Å². The van der Waals surface area contributed by atoms with Gasteiger partial charge in [0.25, 0.3) is 0 Å². The highest BCUT2D eigenvalue weighted by Gasteiger charge is 2.08. The summed E-state index contributed by atoms with van der Waals surface area (Å²) in [4.78, 5) is 7.83. The van der Waals surface area contributed by atoms with Crippen LogP contribution in [0.25, 0.3) is 22.1 Å². The minimum Gasteiger partial charge on any atom is -0.464 e. The third-order valence-corrected chi connectivity index (χ3v) is 2.95. The Labute approximate surface area is 107 Å². The van der Waals surface area contributed by atoms with E-state index in [1.54, 1.807) is 12.5 Å². The SMILES string of the molecule is Clc1ncc(-c2ccc3ccoc3c2)c(Cl)n1. The number of furan rings is 1. The fraction of sp³-hybridized carbons (Fsp3) is 0. The summed E-state index contributed by atoms with van der Waals surface area (Å²) >= 11 is 11.7. The van der Waals surface area contributed by atoms with E-state index in [4.69, 9.17) is 27.6 Å². The van der Waals surface area contributed by atoms with Crippen molar-refractivity contribution in [3.05, 3.63) is 47.2 Å². The van der Waals surface area contributed by atoms with Crippen molar-refractivity contribution in [2.75, 3.05) is 0 Å². The molecule has 1 aromatic carbocycles. The molecular formula is C12H6Cl2N2O. The van der Waals surface area contributed by atoms with Crippen molar-refractivity contribution in [3.63, 3.8) is 0 Å². The maximum Gasteiger partial charge on any atom is 0.223 e. The number of benzene rings is 1. The minimum absolute atomic E-state index is 0.137. The third-order valence-electron chi connectivity index (χ3n) is 2.48. The van der Waals surface area contributed by atoms with E-state index in [1.165, 1.54) is 0 Å².